The zero-order valence-electron chi connectivity index (χ0n) is 15.6. The highest BCUT2D eigenvalue weighted by Crippen LogP contribution is 2.34. The summed E-state index contributed by atoms with van der Waals surface area (Å²) >= 11 is 0. The molecule has 0 radical (unpaired) electrons. The first-order valence-electron chi connectivity index (χ1n) is 9.67. The molecule has 0 heterocycles. The van der Waals surface area contributed by atoms with E-state index in [1.165, 1.54) is 37.3 Å². The summed E-state index contributed by atoms with van der Waals surface area (Å²) in [5.74, 6) is -4.64. The van der Waals surface area contributed by atoms with Crippen molar-refractivity contribution in [3.63, 3.8) is 0 Å². The fourth-order valence-corrected chi connectivity index (χ4v) is 3.69. The van der Waals surface area contributed by atoms with Crippen LogP contribution in [0.1, 0.15) is 63.0 Å². The van der Waals surface area contributed by atoms with Gasteiger partial charge in [0.05, 0.1) is 0 Å². The smallest absolute Gasteiger partial charge is 0.194 e. The minimum Gasteiger partial charge on any atom is -0.206 e. The molecule has 1 aliphatic rings. The second-order valence-corrected chi connectivity index (χ2v) is 7.22. The Balaban J connectivity index is 1.80. The van der Waals surface area contributed by atoms with Crippen molar-refractivity contribution in [1.29, 1.82) is 0 Å². The molecule has 0 bridgehead atoms. The molecule has 27 heavy (non-hydrogen) atoms. The van der Waals surface area contributed by atoms with Crippen LogP contribution >= 0.6 is 0 Å². The predicted molar refractivity (Wildman–Crippen MR) is 101 cm³/mol. The largest absolute Gasteiger partial charge is 0.206 e. The van der Waals surface area contributed by atoms with Gasteiger partial charge in [-0.1, -0.05) is 56.4 Å². The van der Waals surface area contributed by atoms with Crippen molar-refractivity contribution >= 4 is 6.08 Å². The molecule has 0 amide bonds. The van der Waals surface area contributed by atoms with Crippen LogP contribution in [0.25, 0.3) is 17.2 Å². The number of allylic oxidation sites excluding steroid dienone is 1. The van der Waals surface area contributed by atoms with E-state index in [1.807, 2.05) is 6.08 Å². The average Bonchev–Trinajstić information content (AvgIpc) is 2.66. The van der Waals surface area contributed by atoms with Crippen molar-refractivity contribution < 1.29 is 17.6 Å². The van der Waals surface area contributed by atoms with Crippen LogP contribution in [-0.4, -0.2) is 0 Å². The number of fused-ring (bicyclic) bond motifs is 1. The Morgan fingerprint density at radius 1 is 0.815 bits per heavy atom. The molecule has 0 saturated carbocycles. The maximum atomic E-state index is 15.0. The molecule has 1 aliphatic carbocycles. The van der Waals surface area contributed by atoms with Gasteiger partial charge < -0.3 is 0 Å². The summed E-state index contributed by atoms with van der Waals surface area (Å²) < 4.78 is 55.1. The molecule has 0 saturated heterocycles. The lowest BCUT2D eigenvalue weighted by Crippen LogP contribution is -2.04. The number of hydrogen-bond donors (Lipinski definition) is 0. The van der Waals surface area contributed by atoms with Crippen molar-refractivity contribution in [2.24, 2.45) is 0 Å². The second-order valence-electron chi connectivity index (χ2n) is 7.22. The summed E-state index contributed by atoms with van der Waals surface area (Å²) in [7, 11) is 0. The molecule has 144 valence electrons. The van der Waals surface area contributed by atoms with E-state index in [2.05, 4.69) is 6.92 Å². The molecular weight excluding hydrogens is 352 g/mol. The Morgan fingerprint density at radius 2 is 1.52 bits per heavy atom. The molecule has 0 nitrogen and oxygen atoms in total. The summed E-state index contributed by atoms with van der Waals surface area (Å²) in [5, 5.41) is 0. The van der Waals surface area contributed by atoms with Gasteiger partial charge in [-0.15, -0.1) is 0 Å². The van der Waals surface area contributed by atoms with E-state index in [0.29, 0.717) is 12.0 Å². The highest BCUT2D eigenvalue weighted by Gasteiger charge is 2.20. The van der Waals surface area contributed by atoms with E-state index in [4.69, 9.17) is 0 Å². The predicted octanol–water partition coefficient (Wildman–Crippen LogP) is 7.60. The van der Waals surface area contributed by atoms with Crippen LogP contribution < -0.4 is 0 Å². The van der Waals surface area contributed by atoms with Gasteiger partial charge in [0, 0.05) is 5.56 Å². The van der Waals surface area contributed by atoms with Gasteiger partial charge in [0.1, 0.15) is 5.82 Å². The summed E-state index contributed by atoms with van der Waals surface area (Å²) in [6.07, 6.45) is 10.5. The quantitative estimate of drug-likeness (QED) is 0.265. The summed E-state index contributed by atoms with van der Waals surface area (Å²) in [5.41, 5.74) is 2.83. The van der Waals surface area contributed by atoms with E-state index in [9.17, 15) is 17.6 Å². The number of unbranched alkanes of at least 4 members (excludes halogenated alkanes) is 4. The normalized spacial score (nSPS) is 13.4. The van der Waals surface area contributed by atoms with Crippen LogP contribution in [0.2, 0.25) is 0 Å². The van der Waals surface area contributed by atoms with Crippen LogP contribution in [0.3, 0.4) is 0 Å². The lowest BCUT2D eigenvalue weighted by molar-refractivity contribution is 0.447. The number of halogens is 4. The van der Waals surface area contributed by atoms with E-state index in [-0.39, 0.29) is 11.1 Å². The molecule has 2 aromatic carbocycles. The molecular formula is C23H24F4. The Hall–Kier alpha value is -2.10. The van der Waals surface area contributed by atoms with Gasteiger partial charge in [0.2, 0.25) is 0 Å². The Bertz CT molecular complexity index is 829. The standard InChI is InChI=1S/C23H24F4/c1-2-3-4-5-6-7-15-8-10-18-16(12-15)9-11-19(22(18)26)17-13-20(24)23(27)21(25)14-17/h9,11-14H,2-8,10H2,1H3. The third kappa shape index (κ3) is 4.42. The fourth-order valence-electron chi connectivity index (χ4n) is 3.69. The topological polar surface area (TPSA) is 0 Å². The maximum absolute atomic E-state index is 15.0. The van der Waals surface area contributed by atoms with Gasteiger partial charge in [-0.2, -0.15) is 0 Å². The van der Waals surface area contributed by atoms with Gasteiger partial charge in [0.15, 0.2) is 17.5 Å². The van der Waals surface area contributed by atoms with Crippen molar-refractivity contribution in [3.8, 4) is 11.1 Å². The van der Waals surface area contributed by atoms with E-state index >= 15 is 0 Å². The Kier molecular flexibility index (Phi) is 6.35. The minimum atomic E-state index is -1.54. The molecule has 0 fully saturated rings. The third-order valence-corrected chi connectivity index (χ3v) is 5.23. The van der Waals surface area contributed by atoms with Crippen LogP contribution in [0.4, 0.5) is 17.6 Å². The van der Waals surface area contributed by atoms with Gasteiger partial charge in [-0.3, -0.25) is 0 Å². The minimum absolute atomic E-state index is 0.0115. The van der Waals surface area contributed by atoms with Crippen LogP contribution in [-0.2, 0) is 6.42 Å². The monoisotopic (exact) mass is 376 g/mol. The average molecular weight is 376 g/mol. The van der Waals surface area contributed by atoms with E-state index in [0.717, 1.165) is 37.0 Å². The zero-order valence-corrected chi connectivity index (χ0v) is 15.6. The zero-order chi connectivity index (χ0) is 19.4. The molecule has 0 aromatic heterocycles. The number of hydrogen-bond acceptors (Lipinski definition) is 0. The van der Waals surface area contributed by atoms with Crippen LogP contribution in [0.15, 0.2) is 29.8 Å². The van der Waals surface area contributed by atoms with Crippen molar-refractivity contribution in [1.82, 2.24) is 0 Å². The fraction of sp³-hybridized carbons (Fsp3) is 0.391. The number of benzene rings is 2. The number of rotatable bonds is 7. The highest BCUT2D eigenvalue weighted by molar-refractivity contribution is 5.70. The van der Waals surface area contributed by atoms with Gasteiger partial charge in [0.25, 0.3) is 0 Å². The molecule has 3 rings (SSSR count). The maximum Gasteiger partial charge on any atom is 0.194 e. The van der Waals surface area contributed by atoms with Crippen molar-refractivity contribution in [2.45, 2.75) is 58.3 Å². The molecule has 0 spiro atoms. The van der Waals surface area contributed by atoms with E-state index in [1.54, 1.807) is 6.07 Å². The van der Waals surface area contributed by atoms with Crippen LogP contribution in [0.5, 0.6) is 0 Å². The third-order valence-electron chi connectivity index (χ3n) is 5.23. The Morgan fingerprint density at radius 3 is 2.22 bits per heavy atom. The van der Waals surface area contributed by atoms with Gasteiger partial charge in [-0.05, 0) is 54.5 Å². The van der Waals surface area contributed by atoms with Gasteiger partial charge >= 0.3 is 0 Å². The first-order chi connectivity index (χ1) is 13.0. The molecule has 0 aliphatic heterocycles. The molecule has 0 atom stereocenters. The Labute approximate surface area is 157 Å². The summed E-state index contributed by atoms with van der Waals surface area (Å²) in [6.45, 7) is 2.19. The molecule has 2 aromatic rings. The lowest BCUT2D eigenvalue weighted by Gasteiger charge is -2.19. The first kappa shape index (κ1) is 19.7. The second kappa shape index (κ2) is 8.73. The lowest BCUT2D eigenvalue weighted by atomic mass is 9.87. The van der Waals surface area contributed by atoms with Gasteiger partial charge in [-0.25, -0.2) is 17.6 Å². The van der Waals surface area contributed by atoms with Crippen molar-refractivity contribution in [3.05, 3.63) is 64.2 Å². The highest BCUT2D eigenvalue weighted by atomic mass is 19.2. The van der Waals surface area contributed by atoms with Crippen LogP contribution in [0, 0.1) is 23.3 Å². The summed E-state index contributed by atoms with van der Waals surface area (Å²) in [4.78, 5) is 0. The van der Waals surface area contributed by atoms with E-state index < -0.39 is 23.3 Å². The summed E-state index contributed by atoms with van der Waals surface area (Å²) in [6, 6.07) is 4.97. The SMILES string of the molecule is CCCCCCCC1=Cc2ccc(-c3cc(F)c(F)c(F)c3)c(F)c2CC1. The first-order valence-corrected chi connectivity index (χ1v) is 9.67. The molecule has 0 N–H and O–H groups in total. The van der Waals surface area contributed by atoms with Crippen molar-refractivity contribution in [2.75, 3.05) is 0 Å². The molecule has 4 heteroatoms. The molecule has 0 unspecified atom stereocenters.